The average molecular weight is 87.1 g/mol. The highest BCUT2D eigenvalue weighted by molar-refractivity contribution is 7.05. The highest BCUT2D eigenvalue weighted by Crippen LogP contribution is 1.93. The highest BCUT2D eigenvalue weighted by atomic mass is 32.1. The van der Waals surface area contributed by atoms with Crippen LogP contribution in [0.2, 0.25) is 0 Å². The normalized spacial score (nSPS) is 9.00. The number of aromatic nitrogens is 1. The van der Waals surface area contributed by atoms with Crippen molar-refractivity contribution in [3.8, 4) is 0 Å². The molecule has 0 N–H and O–H groups in total. The fourth-order valence-electron chi connectivity index (χ4n) is 0.183. The molecule has 0 aliphatic carbocycles. The van der Waals surface area contributed by atoms with Gasteiger partial charge in [-0.2, -0.15) is 0 Å². The summed E-state index contributed by atoms with van der Waals surface area (Å²) in [5.41, 5.74) is 0. The molecular formula is C3H5NS. The van der Waals surface area contributed by atoms with Crippen molar-refractivity contribution >= 4 is 11.5 Å². The van der Waals surface area contributed by atoms with Crippen molar-refractivity contribution in [2.24, 2.45) is 7.05 Å². The van der Waals surface area contributed by atoms with E-state index in [4.69, 9.17) is 0 Å². The van der Waals surface area contributed by atoms with E-state index < -0.39 is 0 Å². The van der Waals surface area contributed by atoms with Gasteiger partial charge in [-0.05, 0) is 0 Å². The molecule has 2 heteroatoms. The first kappa shape index (κ1) is 2.97. The van der Waals surface area contributed by atoms with Crippen LogP contribution in [0.4, 0.5) is 0 Å². The number of nitrogens with zero attached hydrogens (tertiary/aromatic N) is 1. The van der Waals surface area contributed by atoms with Crippen LogP contribution in [0.1, 0.15) is 0 Å². The highest BCUT2D eigenvalue weighted by Gasteiger charge is 1.71. The van der Waals surface area contributed by atoms with Crippen molar-refractivity contribution in [3.63, 3.8) is 0 Å². The predicted molar refractivity (Wildman–Crippen MR) is 23.3 cm³/mol. The van der Waals surface area contributed by atoms with Gasteiger partial charge < -0.3 is 3.96 Å². The Morgan fingerprint density at radius 1 is 1.80 bits per heavy atom. The third-order valence-corrected chi connectivity index (χ3v) is 1.20. The van der Waals surface area contributed by atoms with E-state index in [9.17, 15) is 0 Å². The zero-order chi connectivity index (χ0) is 3.70. The molecule has 5 heavy (non-hydrogen) atoms. The molecular weight excluding hydrogens is 82.1 g/mol. The maximum absolute atomic E-state index is 2.04. The standard InChI is InChI=1S/C3H5NS/c1-4-2-3-5-4/h2-3H,1H3. The van der Waals surface area contributed by atoms with Gasteiger partial charge in [-0.3, -0.25) is 0 Å². The monoisotopic (exact) mass is 87.0 g/mol. The van der Waals surface area contributed by atoms with Gasteiger partial charge in [0.1, 0.15) is 0 Å². The molecule has 0 saturated carbocycles. The molecule has 1 nitrogen and oxygen atoms in total. The van der Waals surface area contributed by atoms with Gasteiger partial charge in [-0.25, -0.2) is 0 Å². The lowest BCUT2D eigenvalue weighted by atomic mass is 11.0. The van der Waals surface area contributed by atoms with Crippen LogP contribution < -0.4 is 0 Å². The van der Waals surface area contributed by atoms with Gasteiger partial charge in [-0.15, -0.1) is 0 Å². The largest absolute Gasteiger partial charge is 0.308 e. The second-order valence-electron chi connectivity index (χ2n) is 0.937. The summed E-state index contributed by atoms with van der Waals surface area (Å²) >= 11 is 1.71. The molecule has 28 valence electrons. The van der Waals surface area contributed by atoms with Gasteiger partial charge in [0.2, 0.25) is 0 Å². The molecule has 0 bridgehead atoms. The van der Waals surface area contributed by atoms with Gasteiger partial charge in [0, 0.05) is 18.6 Å². The van der Waals surface area contributed by atoms with Crippen LogP contribution in [0.15, 0.2) is 11.6 Å². The summed E-state index contributed by atoms with van der Waals surface area (Å²) in [5.74, 6) is 0. The fraction of sp³-hybridized carbons (Fsp3) is 0.333. The SMILES string of the molecule is Cn1ccs1. The van der Waals surface area contributed by atoms with E-state index in [0.717, 1.165) is 0 Å². The van der Waals surface area contributed by atoms with Crippen LogP contribution in [0.3, 0.4) is 0 Å². The molecule has 1 heterocycles. The molecule has 0 aliphatic rings. The van der Waals surface area contributed by atoms with E-state index in [1.807, 2.05) is 22.6 Å². The van der Waals surface area contributed by atoms with Crippen LogP contribution in [0, 0.1) is 0 Å². The summed E-state index contributed by atoms with van der Waals surface area (Å²) in [4.78, 5) is 0. The van der Waals surface area contributed by atoms with Crippen LogP contribution in [-0.4, -0.2) is 3.96 Å². The van der Waals surface area contributed by atoms with E-state index in [1.165, 1.54) is 0 Å². The van der Waals surface area contributed by atoms with E-state index in [0.29, 0.717) is 0 Å². The molecule has 0 spiro atoms. The maximum atomic E-state index is 2.04. The Hall–Kier alpha value is -0.240. The maximum Gasteiger partial charge on any atom is 0.0256 e. The predicted octanol–water partition coefficient (Wildman–Crippen LogP) is 1.09. The summed E-state index contributed by atoms with van der Waals surface area (Å²) in [5, 5.41) is 2.04. The van der Waals surface area contributed by atoms with E-state index >= 15 is 0 Å². The minimum absolute atomic E-state index is 1.71. The molecule has 0 aliphatic heterocycles. The minimum atomic E-state index is 1.71. The summed E-state index contributed by atoms with van der Waals surface area (Å²) in [6.45, 7) is 0. The lowest BCUT2D eigenvalue weighted by Gasteiger charge is -1.92. The van der Waals surface area contributed by atoms with Crippen molar-refractivity contribution in [2.45, 2.75) is 0 Å². The lowest BCUT2D eigenvalue weighted by molar-refractivity contribution is 1.01. The molecule has 1 rings (SSSR count). The van der Waals surface area contributed by atoms with Crippen molar-refractivity contribution < 1.29 is 0 Å². The van der Waals surface area contributed by atoms with Gasteiger partial charge in [0.15, 0.2) is 0 Å². The molecule has 0 unspecified atom stereocenters. The Morgan fingerprint density at radius 2 is 2.20 bits per heavy atom. The quantitative estimate of drug-likeness (QED) is 0.446. The first-order valence-electron chi connectivity index (χ1n) is 1.46. The molecule has 0 atom stereocenters. The topological polar surface area (TPSA) is 4.93 Å². The van der Waals surface area contributed by atoms with Gasteiger partial charge >= 0.3 is 0 Å². The zero-order valence-corrected chi connectivity index (χ0v) is 3.83. The Kier molecular flexibility index (Phi) is 0.513. The van der Waals surface area contributed by atoms with Crippen molar-refractivity contribution in [1.82, 2.24) is 3.96 Å². The van der Waals surface area contributed by atoms with Gasteiger partial charge in [0.25, 0.3) is 0 Å². The Labute approximate surface area is 35.0 Å². The second-order valence-corrected chi connectivity index (χ2v) is 2.00. The Bertz CT molecular complexity index is 89.1. The van der Waals surface area contributed by atoms with Gasteiger partial charge in [0.05, 0.1) is 0 Å². The molecule has 0 amide bonds. The summed E-state index contributed by atoms with van der Waals surface area (Å²) in [6, 6.07) is 0. The molecule has 1 aromatic rings. The molecule has 1 aromatic heterocycles. The number of rotatable bonds is 0. The minimum Gasteiger partial charge on any atom is -0.308 e. The lowest BCUT2D eigenvalue weighted by Crippen LogP contribution is -1.81. The first-order valence-corrected chi connectivity index (χ1v) is 2.29. The summed E-state index contributed by atoms with van der Waals surface area (Å²) in [7, 11) is 2.02. The first-order chi connectivity index (χ1) is 2.39. The van der Waals surface area contributed by atoms with Gasteiger partial charge in [-0.1, -0.05) is 11.5 Å². The third kappa shape index (κ3) is 0.351. The van der Waals surface area contributed by atoms with Crippen LogP contribution >= 0.6 is 11.5 Å². The number of hydrogen-bond acceptors (Lipinski definition) is 1. The Morgan fingerprint density at radius 3 is 2.20 bits per heavy atom. The van der Waals surface area contributed by atoms with E-state index in [-0.39, 0.29) is 0 Å². The second kappa shape index (κ2) is 0.863. The smallest absolute Gasteiger partial charge is 0.0256 e. The molecule has 0 radical (unpaired) electrons. The number of aryl methyl sites for hydroxylation is 1. The van der Waals surface area contributed by atoms with Crippen molar-refractivity contribution in [1.29, 1.82) is 0 Å². The fourth-order valence-corrected chi connectivity index (χ4v) is 0.548. The van der Waals surface area contributed by atoms with E-state index in [2.05, 4.69) is 0 Å². The third-order valence-electron chi connectivity index (χ3n) is 0.498. The molecule has 0 aromatic carbocycles. The van der Waals surface area contributed by atoms with Crippen LogP contribution in [0.25, 0.3) is 0 Å². The number of hydrogen-bond donors (Lipinski definition) is 0. The zero-order valence-electron chi connectivity index (χ0n) is 3.01. The summed E-state index contributed by atoms with van der Waals surface area (Å²) < 4.78 is 2.04. The Balaban J connectivity index is 2.83. The van der Waals surface area contributed by atoms with E-state index in [1.54, 1.807) is 11.5 Å². The van der Waals surface area contributed by atoms with Crippen LogP contribution in [-0.2, 0) is 7.05 Å². The van der Waals surface area contributed by atoms with Crippen molar-refractivity contribution in [2.75, 3.05) is 0 Å². The van der Waals surface area contributed by atoms with Crippen molar-refractivity contribution in [3.05, 3.63) is 11.6 Å². The molecule has 0 fully saturated rings. The van der Waals surface area contributed by atoms with Crippen LogP contribution in [0.5, 0.6) is 0 Å². The summed E-state index contributed by atoms with van der Waals surface area (Å²) in [6.07, 6.45) is 2.02. The molecule has 0 saturated heterocycles. The average Bonchev–Trinajstić information content (AvgIpc) is 1.30.